The monoisotopic (exact) mass is 243 g/mol. The number of aromatic nitrogens is 3. The van der Waals surface area contributed by atoms with Gasteiger partial charge in [0.05, 0.1) is 29.4 Å². The van der Waals surface area contributed by atoms with Gasteiger partial charge in [0.25, 0.3) is 0 Å². The number of hydrogen-bond donors (Lipinski definition) is 1. The third-order valence-corrected chi connectivity index (χ3v) is 1.68. The van der Waals surface area contributed by atoms with E-state index in [1.165, 1.54) is 0 Å². The second-order valence-electron chi connectivity index (χ2n) is 2.17. The molecule has 0 aliphatic carbocycles. The molecule has 2 N–H and O–H groups in total. The van der Waals surface area contributed by atoms with Crippen molar-refractivity contribution >= 4 is 21.6 Å². The lowest BCUT2D eigenvalue weighted by Crippen LogP contribution is -2.00. The molecule has 0 radical (unpaired) electrons. The van der Waals surface area contributed by atoms with Gasteiger partial charge in [-0.3, -0.25) is 4.98 Å². The minimum absolute atomic E-state index is 0.0693. The summed E-state index contributed by atoms with van der Waals surface area (Å²) in [7, 11) is 0. The summed E-state index contributed by atoms with van der Waals surface area (Å²) in [5, 5.41) is 3.74. The highest BCUT2D eigenvalue weighted by Gasteiger charge is 2.01. The standard InChI is InChI=1S/C8H7BrN4/c9-6-3-12-13(5-6)8-4-11-2-1-7(8)10/h1-5H,(H2,10,11)/i1D,2D,3D,4D,5D. The number of nitrogens with two attached hydrogens (primary N) is 1. The van der Waals surface area contributed by atoms with Crippen LogP contribution in [0, 0.1) is 0 Å². The summed E-state index contributed by atoms with van der Waals surface area (Å²) in [5.74, 6) is 0. The molecule has 0 saturated carbocycles. The van der Waals surface area contributed by atoms with Crippen molar-refractivity contribution in [3.8, 4) is 5.69 Å². The first-order valence-electron chi connectivity index (χ1n) is 5.80. The number of hydrogen-bond acceptors (Lipinski definition) is 3. The van der Waals surface area contributed by atoms with Crippen LogP contribution in [-0.2, 0) is 0 Å². The number of nitrogen functional groups attached to an aromatic ring is 1. The highest BCUT2D eigenvalue weighted by molar-refractivity contribution is 9.10. The third-order valence-electron chi connectivity index (χ3n) is 1.33. The van der Waals surface area contributed by atoms with Crippen LogP contribution in [0.2, 0.25) is 0 Å². The van der Waals surface area contributed by atoms with Gasteiger partial charge in [-0.2, -0.15) is 5.10 Å². The van der Waals surface area contributed by atoms with E-state index >= 15 is 0 Å². The molecule has 2 rings (SSSR count). The van der Waals surface area contributed by atoms with Gasteiger partial charge in [0.15, 0.2) is 0 Å². The van der Waals surface area contributed by atoms with E-state index in [1.54, 1.807) is 0 Å². The Kier molecular flexibility index (Phi) is 1.04. The van der Waals surface area contributed by atoms with E-state index in [2.05, 4.69) is 26.0 Å². The number of nitrogens with zero attached hydrogens (tertiary/aromatic N) is 3. The Morgan fingerprint density at radius 3 is 3.08 bits per heavy atom. The normalized spacial score (nSPS) is 15.6. The molecule has 0 saturated heterocycles. The fraction of sp³-hybridized carbons (Fsp3) is 0. The Bertz CT molecular complexity index is 641. The lowest BCUT2D eigenvalue weighted by Gasteiger charge is -2.02. The van der Waals surface area contributed by atoms with Crippen molar-refractivity contribution in [1.82, 2.24) is 14.8 Å². The minimum atomic E-state index is -0.412. The minimum Gasteiger partial charge on any atom is -0.397 e. The van der Waals surface area contributed by atoms with Crippen molar-refractivity contribution in [3.05, 3.63) is 35.2 Å². The molecular weight excluding hydrogens is 232 g/mol. The van der Waals surface area contributed by atoms with Crippen molar-refractivity contribution in [2.75, 3.05) is 5.73 Å². The first kappa shape index (κ1) is 4.23. The second-order valence-corrected chi connectivity index (χ2v) is 2.97. The zero-order chi connectivity index (χ0) is 13.6. The summed E-state index contributed by atoms with van der Waals surface area (Å²) in [6.45, 7) is 0. The molecule has 0 spiro atoms. The summed E-state index contributed by atoms with van der Waals surface area (Å²) in [5.41, 5.74) is 5.42. The fourth-order valence-corrected chi connectivity index (χ4v) is 1.04. The molecule has 2 aromatic heterocycles. The molecule has 4 nitrogen and oxygen atoms in total. The molecule has 66 valence electrons. The van der Waals surface area contributed by atoms with Gasteiger partial charge in [-0.1, -0.05) is 0 Å². The van der Waals surface area contributed by atoms with Gasteiger partial charge in [-0.15, -0.1) is 0 Å². The fourth-order valence-electron chi connectivity index (χ4n) is 0.793. The lowest BCUT2D eigenvalue weighted by atomic mass is 10.3. The Balaban J connectivity index is 2.79. The van der Waals surface area contributed by atoms with E-state index in [-0.39, 0.29) is 40.4 Å². The SMILES string of the molecule is [2H]c1nc([2H])c(-n2nc([2H])c(Br)c2[2H])c(N)c1[2H]. The average Bonchev–Trinajstić information content (AvgIpc) is 2.55. The van der Waals surface area contributed by atoms with Gasteiger partial charge >= 0.3 is 0 Å². The molecule has 0 bridgehead atoms. The maximum Gasteiger partial charge on any atom is 0.106 e. The third kappa shape index (κ3) is 1.55. The molecule has 0 fully saturated rings. The zero-order valence-electron chi connectivity index (χ0n) is 11.3. The molecular formula is C8H7BrN4. The van der Waals surface area contributed by atoms with Crippen LogP contribution in [0.5, 0.6) is 0 Å². The smallest absolute Gasteiger partial charge is 0.106 e. The van der Waals surface area contributed by atoms with E-state index in [1.807, 2.05) is 0 Å². The van der Waals surface area contributed by atoms with Crippen LogP contribution in [0.3, 0.4) is 0 Å². The molecule has 2 heterocycles. The molecule has 0 aliphatic heterocycles. The van der Waals surface area contributed by atoms with Crippen molar-refractivity contribution in [2.24, 2.45) is 0 Å². The molecule has 5 heteroatoms. The lowest BCUT2D eigenvalue weighted by molar-refractivity contribution is 0.876. The van der Waals surface area contributed by atoms with Crippen LogP contribution in [0.1, 0.15) is 6.85 Å². The molecule has 0 atom stereocenters. The van der Waals surface area contributed by atoms with E-state index < -0.39 is 6.17 Å². The first-order chi connectivity index (χ1) is 8.34. The van der Waals surface area contributed by atoms with Crippen LogP contribution in [0.25, 0.3) is 5.69 Å². The summed E-state index contributed by atoms with van der Waals surface area (Å²) in [6.07, 6.45) is -1.12. The van der Waals surface area contributed by atoms with Crippen LogP contribution in [0.4, 0.5) is 5.69 Å². The Morgan fingerprint density at radius 2 is 2.38 bits per heavy atom. The van der Waals surface area contributed by atoms with Crippen LogP contribution in [-0.4, -0.2) is 14.8 Å². The number of pyridine rings is 1. The number of rotatable bonds is 1. The molecule has 13 heavy (non-hydrogen) atoms. The zero-order valence-corrected chi connectivity index (χ0v) is 7.88. The molecule has 0 aromatic carbocycles. The molecule has 0 unspecified atom stereocenters. The van der Waals surface area contributed by atoms with Crippen molar-refractivity contribution in [3.63, 3.8) is 0 Å². The van der Waals surface area contributed by atoms with E-state index in [4.69, 9.17) is 12.6 Å². The highest BCUT2D eigenvalue weighted by Crippen LogP contribution is 2.16. The average molecular weight is 244 g/mol. The van der Waals surface area contributed by atoms with E-state index in [0.29, 0.717) is 0 Å². The quantitative estimate of drug-likeness (QED) is 0.829. The molecule has 0 aliphatic rings. The van der Waals surface area contributed by atoms with Crippen LogP contribution >= 0.6 is 15.9 Å². The predicted molar refractivity (Wildman–Crippen MR) is 53.5 cm³/mol. The number of anilines is 1. The van der Waals surface area contributed by atoms with Gasteiger partial charge < -0.3 is 5.73 Å². The highest BCUT2D eigenvalue weighted by atomic mass is 79.9. The van der Waals surface area contributed by atoms with E-state index in [0.717, 1.165) is 4.68 Å². The summed E-state index contributed by atoms with van der Waals surface area (Å²) >= 11 is 3.01. The topological polar surface area (TPSA) is 56.7 Å². The maximum atomic E-state index is 7.73. The van der Waals surface area contributed by atoms with Crippen LogP contribution in [0.15, 0.2) is 35.2 Å². The molecule has 2 aromatic rings. The van der Waals surface area contributed by atoms with Gasteiger partial charge in [0, 0.05) is 12.3 Å². The van der Waals surface area contributed by atoms with Gasteiger partial charge in [0.1, 0.15) is 5.69 Å². The predicted octanol–water partition coefficient (Wildman–Crippen LogP) is 1.61. The van der Waals surface area contributed by atoms with Gasteiger partial charge in [0.2, 0.25) is 0 Å². The second kappa shape index (κ2) is 3.18. The van der Waals surface area contributed by atoms with Crippen LogP contribution < -0.4 is 5.73 Å². The maximum absolute atomic E-state index is 7.73. The van der Waals surface area contributed by atoms with E-state index in [9.17, 15) is 0 Å². The number of halogens is 1. The Morgan fingerprint density at radius 1 is 1.54 bits per heavy atom. The largest absolute Gasteiger partial charge is 0.397 e. The Labute approximate surface area is 90.5 Å². The summed E-state index contributed by atoms with van der Waals surface area (Å²) in [4.78, 5) is 3.54. The van der Waals surface area contributed by atoms with Crippen molar-refractivity contribution in [1.29, 1.82) is 0 Å². The van der Waals surface area contributed by atoms with Gasteiger partial charge in [-0.05, 0) is 22.0 Å². The Hall–Kier alpha value is -1.36. The first-order valence-corrected chi connectivity index (χ1v) is 4.09. The summed E-state index contributed by atoms with van der Waals surface area (Å²) < 4.78 is 38.8. The summed E-state index contributed by atoms with van der Waals surface area (Å²) in [6, 6.07) is -0.335. The van der Waals surface area contributed by atoms with Crippen molar-refractivity contribution < 1.29 is 6.85 Å². The van der Waals surface area contributed by atoms with Gasteiger partial charge in [-0.25, -0.2) is 4.68 Å². The molecule has 0 amide bonds. The van der Waals surface area contributed by atoms with Crippen molar-refractivity contribution in [2.45, 2.75) is 0 Å².